The molecule has 42 heavy (non-hydrogen) atoms. The van der Waals surface area contributed by atoms with Crippen molar-refractivity contribution in [2.75, 3.05) is 23.8 Å². The molecule has 0 fully saturated rings. The Balaban J connectivity index is 1.50. The minimum atomic E-state index is -1.19. The van der Waals surface area contributed by atoms with Crippen molar-refractivity contribution in [1.82, 2.24) is 9.47 Å². The molecule has 5 rings (SSSR count). The van der Waals surface area contributed by atoms with Crippen molar-refractivity contribution in [2.24, 2.45) is 5.41 Å². The Morgan fingerprint density at radius 2 is 1.79 bits per heavy atom. The number of furan rings is 1. The van der Waals surface area contributed by atoms with Gasteiger partial charge in [-0.1, -0.05) is 37.3 Å². The molecule has 0 radical (unpaired) electrons. The number of hydrogen-bond acceptors (Lipinski definition) is 6. The first-order valence-corrected chi connectivity index (χ1v) is 14.1. The SMILES string of the molecule is CCC(c1ccc2c(c1)N(C)C(=O)C(C)(C)C(=O)N2)N(CCn1ccc2oc(C)cc2c1=O)Cc1ccc(C=O)cc1. The van der Waals surface area contributed by atoms with E-state index in [2.05, 4.69) is 17.1 Å². The standard InChI is InChI=1S/C33H36N4O5/c1-6-27(24-11-12-26-28(18-24)35(5)32(41)33(3,4)31(40)34-26)37(19-22-7-9-23(20-38)10-8-22)16-15-36-14-13-29-25(30(36)39)17-21(2)42-29/h7-14,17-18,20,27H,6,15-16,19H2,1-5H3,(H,34,40). The van der Waals surface area contributed by atoms with E-state index in [1.807, 2.05) is 43.3 Å². The van der Waals surface area contributed by atoms with E-state index in [-0.39, 0.29) is 23.4 Å². The number of aromatic nitrogens is 1. The van der Waals surface area contributed by atoms with E-state index in [4.69, 9.17) is 4.42 Å². The van der Waals surface area contributed by atoms with Gasteiger partial charge in [0.15, 0.2) is 0 Å². The fraction of sp³-hybridized carbons (Fsp3) is 0.333. The summed E-state index contributed by atoms with van der Waals surface area (Å²) >= 11 is 0. The lowest BCUT2D eigenvalue weighted by Crippen LogP contribution is -2.43. The van der Waals surface area contributed by atoms with Crippen LogP contribution in [-0.4, -0.2) is 41.2 Å². The molecule has 3 heterocycles. The molecule has 1 atom stereocenters. The summed E-state index contributed by atoms with van der Waals surface area (Å²) in [5.41, 5.74) is 3.14. The number of carbonyl (C=O) groups is 3. The van der Waals surface area contributed by atoms with Crippen LogP contribution >= 0.6 is 0 Å². The van der Waals surface area contributed by atoms with Crippen molar-refractivity contribution >= 4 is 40.4 Å². The normalized spacial score (nSPS) is 15.4. The van der Waals surface area contributed by atoms with Gasteiger partial charge >= 0.3 is 0 Å². The molecule has 2 amide bonds. The van der Waals surface area contributed by atoms with Crippen molar-refractivity contribution in [3.8, 4) is 0 Å². The maximum atomic E-state index is 13.2. The van der Waals surface area contributed by atoms with Gasteiger partial charge in [0, 0.05) is 44.5 Å². The van der Waals surface area contributed by atoms with Crippen LogP contribution in [0.5, 0.6) is 0 Å². The first-order chi connectivity index (χ1) is 20.0. The van der Waals surface area contributed by atoms with Crippen LogP contribution < -0.4 is 15.8 Å². The average molecular weight is 569 g/mol. The van der Waals surface area contributed by atoms with Gasteiger partial charge in [-0.25, -0.2) is 0 Å². The second kappa shape index (κ2) is 11.4. The first-order valence-electron chi connectivity index (χ1n) is 14.1. The molecule has 1 aliphatic heterocycles. The smallest absolute Gasteiger partial charge is 0.261 e. The number of carbonyl (C=O) groups excluding carboxylic acids is 3. The molecule has 0 saturated heterocycles. The number of rotatable bonds is 9. The predicted octanol–water partition coefficient (Wildman–Crippen LogP) is 5.31. The van der Waals surface area contributed by atoms with E-state index in [1.54, 1.807) is 54.8 Å². The number of aldehydes is 1. The molecule has 9 nitrogen and oxygen atoms in total. The van der Waals surface area contributed by atoms with Gasteiger partial charge < -0.3 is 19.2 Å². The van der Waals surface area contributed by atoms with Gasteiger partial charge in [0.05, 0.1) is 16.8 Å². The third kappa shape index (κ3) is 5.39. The molecule has 0 aliphatic carbocycles. The lowest BCUT2D eigenvalue weighted by Gasteiger charge is -2.33. The summed E-state index contributed by atoms with van der Waals surface area (Å²) < 4.78 is 7.33. The van der Waals surface area contributed by atoms with E-state index >= 15 is 0 Å². The molecule has 2 aromatic heterocycles. The minimum absolute atomic E-state index is 0.0629. The summed E-state index contributed by atoms with van der Waals surface area (Å²) in [5.74, 6) is 0.0753. The van der Waals surface area contributed by atoms with Gasteiger partial charge in [-0.15, -0.1) is 0 Å². The summed E-state index contributed by atoms with van der Waals surface area (Å²) in [5, 5.41) is 3.47. The average Bonchev–Trinajstić information content (AvgIpc) is 3.35. The third-order valence-electron chi connectivity index (χ3n) is 8.16. The highest BCUT2D eigenvalue weighted by Crippen LogP contribution is 2.38. The van der Waals surface area contributed by atoms with Crippen molar-refractivity contribution in [3.05, 3.63) is 93.6 Å². The number of hydrogen-bond donors (Lipinski definition) is 1. The third-order valence-corrected chi connectivity index (χ3v) is 8.16. The van der Waals surface area contributed by atoms with Gasteiger partial charge in [0.25, 0.3) is 5.56 Å². The van der Waals surface area contributed by atoms with Crippen LogP contribution in [0.15, 0.2) is 70.0 Å². The monoisotopic (exact) mass is 568 g/mol. The quantitative estimate of drug-likeness (QED) is 0.217. The molecule has 0 saturated carbocycles. The zero-order chi connectivity index (χ0) is 30.2. The Bertz CT molecular complexity index is 1720. The molecule has 4 aromatic rings. The van der Waals surface area contributed by atoms with Crippen LogP contribution in [0.3, 0.4) is 0 Å². The molecule has 0 bridgehead atoms. The molecular weight excluding hydrogens is 532 g/mol. The molecule has 1 unspecified atom stereocenters. The van der Waals surface area contributed by atoms with E-state index in [1.165, 1.54) is 0 Å². The Morgan fingerprint density at radius 3 is 2.48 bits per heavy atom. The van der Waals surface area contributed by atoms with Crippen LogP contribution in [0.1, 0.15) is 60.5 Å². The highest BCUT2D eigenvalue weighted by molar-refractivity contribution is 6.19. The van der Waals surface area contributed by atoms with Crippen LogP contribution in [0, 0.1) is 12.3 Å². The second-order valence-electron chi connectivity index (χ2n) is 11.4. The van der Waals surface area contributed by atoms with E-state index in [9.17, 15) is 19.2 Å². The Kier molecular flexibility index (Phi) is 7.88. The second-order valence-corrected chi connectivity index (χ2v) is 11.4. The maximum Gasteiger partial charge on any atom is 0.261 e. The molecule has 9 heteroatoms. The van der Waals surface area contributed by atoms with Gasteiger partial charge in [0.2, 0.25) is 11.8 Å². The zero-order valence-corrected chi connectivity index (χ0v) is 24.6. The van der Waals surface area contributed by atoms with E-state index in [0.29, 0.717) is 53.3 Å². The topological polar surface area (TPSA) is 105 Å². The summed E-state index contributed by atoms with van der Waals surface area (Å²) in [6.45, 7) is 8.78. The zero-order valence-electron chi connectivity index (χ0n) is 24.6. The number of benzene rings is 2. The van der Waals surface area contributed by atoms with Crippen LogP contribution in [0.4, 0.5) is 11.4 Å². The fourth-order valence-electron chi connectivity index (χ4n) is 5.64. The highest BCUT2D eigenvalue weighted by atomic mass is 16.3. The number of pyridine rings is 1. The highest BCUT2D eigenvalue weighted by Gasteiger charge is 2.42. The first kappa shape index (κ1) is 29.0. The molecule has 2 aromatic carbocycles. The Hall–Kier alpha value is -4.50. The largest absolute Gasteiger partial charge is 0.461 e. The number of anilines is 2. The van der Waals surface area contributed by atoms with Gasteiger partial charge in [0.1, 0.15) is 23.0 Å². The molecule has 1 N–H and O–H groups in total. The van der Waals surface area contributed by atoms with Gasteiger partial charge in [-0.2, -0.15) is 0 Å². The number of fused-ring (bicyclic) bond motifs is 2. The summed E-state index contributed by atoms with van der Waals surface area (Å²) in [4.78, 5) is 54.3. The van der Waals surface area contributed by atoms with E-state index in [0.717, 1.165) is 23.8 Å². The van der Waals surface area contributed by atoms with Gasteiger partial charge in [-0.05, 0) is 62.6 Å². The number of amides is 2. The number of aryl methyl sites for hydroxylation is 1. The minimum Gasteiger partial charge on any atom is -0.461 e. The van der Waals surface area contributed by atoms with E-state index < -0.39 is 5.41 Å². The fourth-order valence-corrected chi connectivity index (χ4v) is 5.64. The van der Waals surface area contributed by atoms with Crippen LogP contribution in [0.2, 0.25) is 0 Å². The maximum absolute atomic E-state index is 13.2. The summed E-state index contributed by atoms with van der Waals surface area (Å²) in [6.07, 6.45) is 3.35. The molecule has 0 spiro atoms. The Morgan fingerprint density at radius 1 is 1.05 bits per heavy atom. The molecular formula is C33H36N4O5. The van der Waals surface area contributed by atoms with Crippen LogP contribution in [-0.2, 0) is 22.7 Å². The molecule has 1 aliphatic rings. The summed E-state index contributed by atoms with van der Waals surface area (Å²) in [6, 6.07) is 16.8. The van der Waals surface area contributed by atoms with Crippen molar-refractivity contribution in [3.63, 3.8) is 0 Å². The van der Waals surface area contributed by atoms with Crippen molar-refractivity contribution in [2.45, 2.75) is 53.2 Å². The van der Waals surface area contributed by atoms with Crippen molar-refractivity contribution < 1.29 is 18.8 Å². The number of nitrogens with one attached hydrogen (secondary N) is 1. The lowest BCUT2D eigenvalue weighted by molar-refractivity contribution is -0.136. The number of nitrogens with zero attached hydrogens (tertiary/aromatic N) is 3. The predicted molar refractivity (Wildman–Crippen MR) is 163 cm³/mol. The molecule has 218 valence electrons. The van der Waals surface area contributed by atoms with Crippen molar-refractivity contribution in [1.29, 1.82) is 0 Å². The Labute approximate surface area is 244 Å². The van der Waals surface area contributed by atoms with Gasteiger partial charge in [-0.3, -0.25) is 24.1 Å². The summed E-state index contributed by atoms with van der Waals surface area (Å²) in [7, 11) is 1.69. The van der Waals surface area contributed by atoms with Crippen LogP contribution in [0.25, 0.3) is 11.0 Å². The lowest BCUT2D eigenvalue weighted by atomic mass is 9.91.